The molecule has 29 heavy (non-hydrogen) atoms. The summed E-state index contributed by atoms with van der Waals surface area (Å²) in [5.74, 6) is 0.962. The molecule has 0 saturated heterocycles. The Balaban J connectivity index is 1.50. The summed E-state index contributed by atoms with van der Waals surface area (Å²) in [5.41, 5.74) is 7.84. The maximum Gasteiger partial charge on any atom is 0.108 e. The molecule has 0 spiro atoms. The second-order valence-corrected chi connectivity index (χ2v) is 7.21. The zero-order valence-electron chi connectivity index (χ0n) is 17.1. The number of nitrogens with zero attached hydrogens (tertiary/aromatic N) is 2. The number of ether oxygens (including phenoxy) is 1. The Labute approximate surface area is 171 Å². The van der Waals surface area contributed by atoms with Gasteiger partial charge in [-0.1, -0.05) is 24.3 Å². The Bertz CT molecular complexity index is 1090. The van der Waals surface area contributed by atoms with Gasteiger partial charge in [-0.3, -0.25) is 0 Å². The van der Waals surface area contributed by atoms with E-state index in [1.165, 1.54) is 5.56 Å². The summed E-state index contributed by atoms with van der Waals surface area (Å²) in [4.78, 5) is 3.47. The van der Waals surface area contributed by atoms with Gasteiger partial charge in [0.25, 0.3) is 0 Å². The zero-order valence-corrected chi connectivity index (χ0v) is 17.1. The lowest BCUT2D eigenvalue weighted by molar-refractivity contribution is 0.134. The van der Waals surface area contributed by atoms with Gasteiger partial charge in [-0.05, 0) is 73.4 Å². The average molecular weight is 386 g/mol. The van der Waals surface area contributed by atoms with Crippen molar-refractivity contribution in [3.8, 4) is 16.9 Å². The van der Waals surface area contributed by atoms with Crippen LogP contribution in [0.1, 0.15) is 23.6 Å². The van der Waals surface area contributed by atoms with Crippen LogP contribution in [0, 0.1) is 13.8 Å². The number of anilines is 2. The standard InChI is InChI=1S/C24H26N4O/c1-4-29-16-19-6-5-18(3)23(13-19)27-24-12-11-22(26-24)20-7-9-21(10-8-20)28-15-17(2)14-25-28/h5-15,26-27H,4,16H2,1-3H3. The number of H-pyrrole nitrogens is 1. The molecule has 148 valence electrons. The van der Waals surface area contributed by atoms with Crippen LogP contribution in [-0.4, -0.2) is 21.4 Å². The first-order valence-corrected chi connectivity index (χ1v) is 9.88. The fourth-order valence-electron chi connectivity index (χ4n) is 3.24. The van der Waals surface area contributed by atoms with Crippen LogP contribution in [0.25, 0.3) is 16.9 Å². The number of hydrogen-bond donors (Lipinski definition) is 2. The van der Waals surface area contributed by atoms with Gasteiger partial charge < -0.3 is 15.0 Å². The molecule has 0 aliphatic heterocycles. The van der Waals surface area contributed by atoms with Crippen LogP contribution in [0.4, 0.5) is 11.5 Å². The summed E-state index contributed by atoms with van der Waals surface area (Å²) in [5, 5.41) is 7.86. The molecule has 2 heterocycles. The number of aromatic amines is 1. The van der Waals surface area contributed by atoms with Crippen LogP contribution < -0.4 is 5.32 Å². The first kappa shape index (κ1) is 19.0. The number of hydrogen-bond acceptors (Lipinski definition) is 3. The van der Waals surface area contributed by atoms with E-state index in [9.17, 15) is 0 Å². The molecule has 4 rings (SSSR count). The third-order valence-corrected chi connectivity index (χ3v) is 4.88. The highest BCUT2D eigenvalue weighted by atomic mass is 16.5. The third-order valence-electron chi connectivity index (χ3n) is 4.88. The highest BCUT2D eigenvalue weighted by Gasteiger charge is 2.06. The van der Waals surface area contributed by atoms with Crippen molar-refractivity contribution in [1.82, 2.24) is 14.8 Å². The van der Waals surface area contributed by atoms with Crippen molar-refractivity contribution in [2.75, 3.05) is 11.9 Å². The molecule has 0 fully saturated rings. The lowest BCUT2D eigenvalue weighted by Gasteiger charge is -2.11. The molecule has 0 unspecified atom stereocenters. The van der Waals surface area contributed by atoms with Gasteiger partial charge >= 0.3 is 0 Å². The van der Waals surface area contributed by atoms with Crippen LogP contribution in [0.15, 0.2) is 67.0 Å². The van der Waals surface area contributed by atoms with E-state index in [0.717, 1.165) is 46.2 Å². The molecule has 0 atom stereocenters. The Morgan fingerprint density at radius 3 is 2.59 bits per heavy atom. The summed E-state index contributed by atoms with van der Waals surface area (Å²) in [7, 11) is 0. The van der Waals surface area contributed by atoms with Gasteiger partial charge in [0.1, 0.15) is 5.82 Å². The quantitative estimate of drug-likeness (QED) is 0.424. The predicted octanol–water partition coefficient (Wildman–Crippen LogP) is 5.76. The molecule has 0 radical (unpaired) electrons. The number of aryl methyl sites for hydroxylation is 2. The zero-order chi connectivity index (χ0) is 20.2. The monoisotopic (exact) mass is 386 g/mol. The van der Waals surface area contributed by atoms with Crippen molar-refractivity contribution in [2.45, 2.75) is 27.4 Å². The van der Waals surface area contributed by atoms with E-state index in [1.807, 2.05) is 30.9 Å². The van der Waals surface area contributed by atoms with Crippen LogP contribution in [-0.2, 0) is 11.3 Å². The van der Waals surface area contributed by atoms with E-state index < -0.39 is 0 Å². The minimum atomic E-state index is 0.629. The highest BCUT2D eigenvalue weighted by Crippen LogP contribution is 2.26. The molecule has 0 bridgehead atoms. The topological polar surface area (TPSA) is 54.9 Å². The Hall–Kier alpha value is -3.31. The fourth-order valence-corrected chi connectivity index (χ4v) is 3.24. The molecule has 5 nitrogen and oxygen atoms in total. The predicted molar refractivity (Wildman–Crippen MR) is 118 cm³/mol. The van der Waals surface area contributed by atoms with E-state index in [4.69, 9.17) is 4.74 Å². The number of benzene rings is 2. The summed E-state index contributed by atoms with van der Waals surface area (Å²) < 4.78 is 7.42. The number of aromatic nitrogens is 3. The van der Waals surface area contributed by atoms with E-state index in [2.05, 4.69) is 76.9 Å². The highest BCUT2D eigenvalue weighted by molar-refractivity contribution is 5.68. The second kappa shape index (κ2) is 8.37. The van der Waals surface area contributed by atoms with Crippen molar-refractivity contribution in [1.29, 1.82) is 0 Å². The van der Waals surface area contributed by atoms with Crippen LogP contribution in [0.2, 0.25) is 0 Å². The van der Waals surface area contributed by atoms with Crippen LogP contribution >= 0.6 is 0 Å². The summed E-state index contributed by atoms with van der Waals surface area (Å²) in [6, 6.07) is 18.9. The van der Waals surface area contributed by atoms with Gasteiger partial charge in [0.15, 0.2) is 0 Å². The summed E-state index contributed by atoms with van der Waals surface area (Å²) in [6.07, 6.45) is 3.88. The van der Waals surface area contributed by atoms with Crippen LogP contribution in [0.5, 0.6) is 0 Å². The maximum absolute atomic E-state index is 5.53. The van der Waals surface area contributed by atoms with Crippen LogP contribution in [0.3, 0.4) is 0 Å². The molecule has 0 amide bonds. The molecule has 0 saturated carbocycles. The molecular weight excluding hydrogens is 360 g/mol. The van der Waals surface area contributed by atoms with Gasteiger partial charge in [0, 0.05) is 24.2 Å². The normalized spacial score (nSPS) is 11.0. The van der Waals surface area contributed by atoms with Gasteiger partial charge in [0.05, 0.1) is 18.5 Å². The third kappa shape index (κ3) is 4.41. The average Bonchev–Trinajstić information content (AvgIpc) is 3.38. The SMILES string of the molecule is CCOCc1ccc(C)c(Nc2ccc(-c3ccc(-n4cc(C)cn4)cc3)[nH]2)c1. The van der Waals surface area contributed by atoms with Gasteiger partial charge in [-0.2, -0.15) is 5.10 Å². The number of rotatable bonds is 7. The lowest BCUT2D eigenvalue weighted by Crippen LogP contribution is -1.97. The minimum absolute atomic E-state index is 0.629. The van der Waals surface area contributed by atoms with Crippen molar-refractivity contribution < 1.29 is 4.74 Å². The van der Waals surface area contributed by atoms with E-state index in [0.29, 0.717) is 6.61 Å². The summed E-state index contributed by atoms with van der Waals surface area (Å²) in [6.45, 7) is 7.50. The van der Waals surface area contributed by atoms with E-state index >= 15 is 0 Å². The van der Waals surface area contributed by atoms with E-state index in [-0.39, 0.29) is 0 Å². The van der Waals surface area contributed by atoms with Crippen molar-refractivity contribution in [3.63, 3.8) is 0 Å². The molecule has 2 aromatic carbocycles. The molecule has 0 aliphatic rings. The second-order valence-electron chi connectivity index (χ2n) is 7.21. The Morgan fingerprint density at radius 2 is 1.86 bits per heavy atom. The largest absolute Gasteiger partial charge is 0.377 e. The Kier molecular flexibility index (Phi) is 5.49. The van der Waals surface area contributed by atoms with Gasteiger partial charge in [-0.25, -0.2) is 4.68 Å². The smallest absolute Gasteiger partial charge is 0.108 e. The van der Waals surface area contributed by atoms with Crippen molar-refractivity contribution in [3.05, 3.63) is 83.7 Å². The molecule has 5 heteroatoms. The van der Waals surface area contributed by atoms with E-state index in [1.54, 1.807) is 0 Å². The van der Waals surface area contributed by atoms with Gasteiger partial charge in [0.2, 0.25) is 0 Å². The molecule has 2 aromatic heterocycles. The lowest BCUT2D eigenvalue weighted by atomic mass is 10.1. The summed E-state index contributed by atoms with van der Waals surface area (Å²) >= 11 is 0. The van der Waals surface area contributed by atoms with Crippen molar-refractivity contribution in [2.24, 2.45) is 0 Å². The first-order chi connectivity index (χ1) is 14.1. The first-order valence-electron chi connectivity index (χ1n) is 9.88. The molecule has 0 aliphatic carbocycles. The molecular formula is C24H26N4O. The molecule has 4 aromatic rings. The van der Waals surface area contributed by atoms with Crippen molar-refractivity contribution >= 4 is 11.5 Å². The maximum atomic E-state index is 5.53. The van der Waals surface area contributed by atoms with Gasteiger partial charge in [-0.15, -0.1) is 0 Å². The fraction of sp³-hybridized carbons (Fsp3) is 0.208. The Morgan fingerprint density at radius 1 is 1.03 bits per heavy atom. The minimum Gasteiger partial charge on any atom is -0.377 e. The molecule has 2 N–H and O–H groups in total. The number of nitrogens with one attached hydrogen (secondary N) is 2.